The molecule has 0 N–H and O–H groups in total. The van der Waals surface area contributed by atoms with E-state index < -0.39 is 10.8 Å². The van der Waals surface area contributed by atoms with Crippen LogP contribution in [0.15, 0.2) is 405 Å². The topological polar surface area (TPSA) is 19.6 Å². The normalized spacial score (nSPS) is 12.9. The molecule has 0 spiro atoms. The van der Waals surface area contributed by atoms with Gasteiger partial charge in [0.15, 0.2) is 0 Å². The van der Waals surface area contributed by atoms with Crippen LogP contribution >= 0.6 is 11.3 Å². The molecule has 2 aromatic heterocycles. The Bertz CT molecular complexity index is 5640. The molecule has 16 aromatic carbocycles. The molecule has 0 amide bonds. The van der Waals surface area contributed by atoms with Crippen molar-refractivity contribution < 1.29 is 4.42 Å². The van der Waals surface area contributed by atoms with Crippen LogP contribution in [0.2, 0.25) is 0 Å². The Labute approximate surface area is 598 Å². The molecule has 102 heavy (non-hydrogen) atoms. The van der Waals surface area contributed by atoms with Gasteiger partial charge in [-0.1, -0.05) is 315 Å². The number of hydrogen-bond acceptors (Lipinski definition) is 4. The van der Waals surface area contributed by atoms with Gasteiger partial charge < -0.3 is 14.2 Å². The maximum Gasteiger partial charge on any atom is 0.140 e. The number of anilines is 6. The van der Waals surface area contributed by atoms with E-state index in [1.807, 2.05) is 11.3 Å². The molecule has 20 rings (SSSR count). The van der Waals surface area contributed by atoms with Gasteiger partial charge in [0.1, 0.15) is 11.2 Å². The lowest BCUT2D eigenvalue weighted by Crippen LogP contribution is -2.28. The van der Waals surface area contributed by atoms with Crippen molar-refractivity contribution in [2.45, 2.75) is 10.8 Å². The van der Waals surface area contributed by atoms with Crippen LogP contribution in [0.1, 0.15) is 44.5 Å². The first-order chi connectivity index (χ1) is 50.6. The lowest BCUT2D eigenvalue weighted by Gasteiger charge is -2.34. The standard InChI is InChI=1S/C49H33NO.C49H33NS/c2*1-4-15-34(16-5-1)35-27-29-38(30-28-35)50(37-19-8-3-9-20-37)39-31-32-47-43(33-39)42-23-14-26-46(48(42)51-47)49(36-17-6-2-7-18-36)44-24-12-10-21-40(44)41-22-11-13-25-45(41)49/h2*1-33H. The van der Waals surface area contributed by atoms with Crippen molar-refractivity contribution in [3.63, 3.8) is 0 Å². The molecule has 0 bridgehead atoms. The first kappa shape index (κ1) is 60.3. The summed E-state index contributed by atoms with van der Waals surface area (Å²) in [5.41, 5.74) is 27.7. The van der Waals surface area contributed by atoms with Crippen LogP contribution in [0.25, 0.3) is 86.6 Å². The number of furan rings is 1. The number of hydrogen-bond donors (Lipinski definition) is 0. The van der Waals surface area contributed by atoms with Crippen LogP contribution in [0.3, 0.4) is 0 Å². The summed E-state index contributed by atoms with van der Waals surface area (Å²) in [5.74, 6) is 0. The van der Waals surface area contributed by atoms with Gasteiger partial charge in [0.05, 0.1) is 10.8 Å². The Morgan fingerprint density at radius 3 is 1.02 bits per heavy atom. The van der Waals surface area contributed by atoms with Gasteiger partial charge in [-0.3, -0.25) is 0 Å². The lowest BCUT2D eigenvalue weighted by atomic mass is 9.67. The Hall–Kier alpha value is -12.9. The first-order valence-electron chi connectivity index (χ1n) is 35.0. The number of nitrogens with zero attached hydrogens (tertiary/aromatic N) is 2. The molecule has 3 nitrogen and oxygen atoms in total. The van der Waals surface area contributed by atoms with Crippen molar-refractivity contribution in [3.8, 4) is 44.5 Å². The average molecular weight is 1320 g/mol. The Balaban J connectivity index is 0.000000141. The number of fused-ring (bicyclic) bond motifs is 12. The largest absolute Gasteiger partial charge is 0.456 e. The summed E-state index contributed by atoms with van der Waals surface area (Å²) in [7, 11) is 0. The first-order valence-corrected chi connectivity index (χ1v) is 35.9. The van der Waals surface area contributed by atoms with E-state index in [0.29, 0.717) is 0 Å². The maximum absolute atomic E-state index is 6.96. The van der Waals surface area contributed by atoms with Crippen molar-refractivity contribution >= 4 is 87.6 Å². The smallest absolute Gasteiger partial charge is 0.140 e. The molecule has 0 saturated carbocycles. The van der Waals surface area contributed by atoms with E-state index >= 15 is 0 Å². The van der Waals surface area contributed by atoms with E-state index in [4.69, 9.17) is 4.42 Å². The van der Waals surface area contributed by atoms with Gasteiger partial charge in [0, 0.05) is 70.6 Å². The zero-order valence-corrected chi connectivity index (χ0v) is 56.6. The van der Waals surface area contributed by atoms with Gasteiger partial charge in [-0.25, -0.2) is 0 Å². The molecule has 0 fully saturated rings. The molecule has 0 radical (unpaired) electrons. The quantitative estimate of drug-likeness (QED) is 0.122. The molecule has 4 heteroatoms. The van der Waals surface area contributed by atoms with Gasteiger partial charge in [-0.15, -0.1) is 11.3 Å². The van der Waals surface area contributed by atoms with Crippen molar-refractivity contribution in [1.82, 2.24) is 0 Å². The summed E-state index contributed by atoms with van der Waals surface area (Å²) in [4.78, 5) is 4.70. The molecular weight excluding hydrogens is 1250 g/mol. The number of benzene rings is 16. The van der Waals surface area contributed by atoms with E-state index in [2.05, 4.69) is 410 Å². The van der Waals surface area contributed by atoms with Crippen molar-refractivity contribution in [2.75, 3.05) is 9.80 Å². The number of para-hydroxylation sites is 3. The lowest BCUT2D eigenvalue weighted by molar-refractivity contribution is 0.648. The Kier molecular flexibility index (Phi) is 14.9. The van der Waals surface area contributed by atoms with Crippen LogP contribution in [0.4, 0.5) is 34.1 Å². The fourth-order valence-corrected chi connectivity index (χ4v) is 18.0. The predicted octanol–water partition coefficient (Wildman–Crippen LogP) is 26.6. The zero-order chi connectivity index (χ0) is 67.6. The highest BCUT2D eigenvalue weighted by Crippen LogP contribution is 2.60. The predicted molar refractivity (Wildman–Crippen MR) is 428 cm³/mol. The van der Waals surface area contributed by atoms with Gasteiger partial charge in [0.25, 0.3) is 0 Å². The van der Waals surface area contributed by atoms with E-state index in [-0.39, 0.29) is 0 Å². The SMILES string of the molecule is c1ccc(-c2ccc(N(c3ccccc3)c3ccc4oc5c(C6(c7ccccc7)c7ccccc7-c7ccccc76)cccc5c4c3)cc2)cc1.c1ccc(-c2ccc(N(c3ccccc3)c3ccc4sc5c(C6(c7ccccc7)c7ccccc7-c7ccccc76)cccc5c4c3)cc2)cc1. The summed E-state index contributed by atoms with van der Waals surface area (Å²) in [6.07, 6.45) is 0. The third-order valence-corrected chi connectivity index (χ3v) is 22.3. The fraction of sp³-hybridized carbons (Fsp3) is 0.0204. The second kappa shape index (κ2) is 25.1. The third-order valence-electron chi connectivity index (χ3n) is 21.1. The second-order valence-corrected chi connectivity index (χ2v) is 27.6. The van der Waals surface area contributed by atoms with Crippen LogP contribution in [0, 0.1) is 0 Å². The zero-order valence-electron chi connectivity index (χ0n) is 55.8. The molecule has 0 unspecified atom stereocenters. The van der Waals surface area contributed by atoms with Crippen LogP contribution in [-0.4, -0.2) is 0 Å². The molecule has 2 aliphatic carbocycles. The summed E-state index contributed by atoms with van der Waals surface area (Å²) in [6.45, 7) is 0. The summed E-state index contributed by atoms with van der Waals surface area (Å²) in [6, 6.07) is 145. The van der Waals surface area contributed by atoms with E-state index in [1.165, 1.54) is 104 Å². The summed E-state index contributed by atoms with van der Waals surface area (Å²) < 4.78 is 9.59. The van der Waals surface area contributed by atoms with E-state index in [0.717, 1.165) is 61.6 Å². The Morgan fingerprint density at radius 1 is 0.225 bits per heavy atom. The minimum Gasteiger partial charge on any atom is -0.456 e. The molecule has 0 aliphatic heterocycles. The highest BCUT2D eigenvalue weighted by Gasteiger charge is 2.49. The monoisotopic (exact) mass is 1320 g/mol. The van der Waals surface area contributed by atoms with E-state index in [9.17, 15) is 0 Å². The van der Waals surface area contributed by atoms with Crippen molar-refractivity contribution in [1.29, 1.82) is 0 Å². The minimum atomic E-state index is -0.540. The molecule has 2 heterocycles. The molecule has 18 aromatic rings. The second-order valence-electron chi connectivity index (χ2n) is 26.5. The maximum atomic E-state index is 6.96. The molecule has 480 valence electrons. The van der Waals surface area contributed by atoms with Gasteiger partial charge >= 0.3 is 0 Å². The van der Waals surface area contributed by atoms with E-state index in [1.54, 1.807) is 0 Å². The highest BCUT2D eigenvalue weighted by atomic mass is 32.1. The Morgan fingerprint density at radius 2 is 0.559 bits per heavy atom. The van der Waals surface area contributed by atoms with Gasteiger partial charge in [0.2, 0.25) is 0 Å². The van der Waals surface area contributed by atoms with Crippen LogP contribution in [-0.2, 0) is 10.8 Å². The van der Waals surface area contributed by atoms with Gasteiger partial charge in [-0.05, 0) is 168 Å². The number of rotatable bonds is 12. The van der Waals surface area contributed by atoms with Crippen LogP contribution in [0.5, 0.6) is 0 Å². The fourth-order valence-electron chi connectivity index (χ4n) is 16.7. The minimum absolute atomic E-state index is 0.436. The number of thiophene rings is 1. The average Bonchev–Trinajstić information content (AvgIpc) is 1.53. The molecule has 2 aliphatic rings. The highest BCUT2D eigenvalue weighted by molar-refractivity contribution is 7.26. The van der Waals surface area contributed by atoms with Crippen molar-refractivity contribution in [3.05, 3.63) is 445 Å². The van der Waals surface area contributed by atoms with Crippen LogP contribution < -0.4 is 9.80 Å². The third kappa shape index (κ3) is 9.78. The molecular formula is C98H66N2OS. The molecule has 0 saturated heterocycles. The van der Waals surface area contributed by atoms with Gasteiger partial charge in [-0.2, -0.15) is 0 Å². The summed E-state index contributed by atoms with van der Waals surface area (Å²) in [5, 5.41) is 4.76. The molecule has 0 atom stereocenters. The van der Waals surface area contributed by atoms with Crippen molar-refractivity contribution in [2.24, 2.45) is 0 Å². The summed E-state index contributed by atoms with van der Waals surface area (Å²) >= 11 is 1.91.